The molecule has 0 aromatic carbocycles. The van der Waals surface area contributed by atoms with E-state index in [4.69, 9.17) is 32.7 Å². The van der Waals surface area contributed by atoms with Crippen molar-refractivity contribution in [3.05, 3.63) is 0 Å². The van der Waals surface area contributed by atoms with E-state index in [1.807, 2.05) is 7.11 Å². The molecule has 0 aromatic heterocycles. The van der Waals surface area contributed by atoms with Gasteiger partial charge in [0.25, 0.3) is 0 Å². The number of hydrogen-bond acceptors (Lipinski definition) is 4. The van der Waals surface area contributed by atoms with Crippen LogP contribution in [0.25, 0.3) is 0 Å². The highest BCUT2D eigenvalue weighted by molar-refractivity contribution is 6.21. The highest BCUT2D eigenvalue weighted by atomic mass is 35.5. The normalized spacial score (nSPS) is 48.3. The fourth-order valence-corrected chi connectivity index (χ4v) is 11.1. The average Bonchev–Trinajstić information content (AvgIpc) is 3.29. The summed E-state index contributed by atoms with van der Waals surface area (Å²) in [6.45, 7) is 1.28. The number of nitrogens with zero attached hydrogens (tertiary/aromatic N) is 1. The highest BCUT2D eigenvalue weighted by Crippen LogP contribution is 2.54. The Kier molecular flexibility index (Phi) is 10.1. The van der Waals surface area contributed by atoms with Gasteiger partial charge in [0.15, 0.2) is 0 Å². The van der Waals surface area contributed by atoms with Crippen LogP contribution >= 0.6 is 23.2 Å². The van der Waals surface area contributed by atoms with Gasteiger partial charge in [0.05, 0.1) is 29.8 Å². The van der Waals surface area contributed by atoms with Gasteiger partial charge in [0.2, 0.25) is 0 Å². The first-order valence-electron chi connectivity index (χ1n) is 16.9. The zero-order valence-corrected chi connectivity index (χ0v) is 25.9. The van der Waals surface area contributed by atoms with Crippen molar-refractivity contribution < 1.29 is 14.6 Å². The third-order valence-electron chi connectivity index (χ3n) is 12.3. The molecule has 224 valence electrons. The quantitative estimate of drug-likeness (QED) is 0.314. The fraction of sp³-hybridized carbons (Fsp3) is 1.00. The van der Waals surface area contributed by atoms with E-state index in [0.717, 1.165) is 50.0 Å². The summed E-state index contributed by atoms with van der Waals surface area (Å²) in [4.78, 5) is 3.00. The number of aliphatic hydroxyl groups excluding tert-OH is 1. The minimum absolute atomic E-state index is 0.0639. The van der Waals surface area contributed by atoms with Crippen LogP contribution in [0.2, 0.25) is 0 Å². The third kappa shape index (κ3) is 6.37. The zero-order valence-electron chi connectivity index (χ0n) is 24.4. The summed E-state index contributed by atoms with van der Waals surface area (Å²) >= 11 is 13.7. The largest absolute Gasteiger partial charge is 0.392 e. The van der Waals surface area contributed by atoms with Crippen LogP contribution in [0.3, 0.4) is 0 Å². The number of likely N-dealkylation sites (tertiary alicyclic amines) is 1. The molecule has 0 aromatic rings. The Labute approximate surface area is 248 Å². The molecule has 39 heavy (non-hydrogen) atoms. The Morgan fingerprint density at radius 3 is 2.23 bits per heavy atom. The van der Waals surface area contributed by atoms with Gasteiger partial charge in [-0.2, -0.15) is 0 Å². The predicted molar refractivity (Wildman–Crippen MR) is 160 cm³/mol. The number of aliphatic hydroxyl groups is 1. The van der Waals surface area contributed by atoms with E-state index in [9.17, 15) is 5.11 Å². The van der Waals surface area contributed by atoms with Crippen molar-refractivity contribution in [2.45, 2.75) is 163 Å². The molecule has 6 heteroatoms. The van der Waals surface area contributed by atoms with Crippen molar-refractivity contribution in [2.75, 3.05) is 13.7 Å². The van der Waals surface area contributed by atoms with Crippen LogP contribution < -0.4 is 0 Å². The standard InChI is InChI=1S/C33H55Cl2NO3/c1-38-22-15-13-21(14-16-22)20-36-29-10-4-2-7-24(29)32-25(8-6-11-30(32)36)33(37)26-19-23(17-18-27(26)34)39-31-12-5-3-9-28(31)35/h21-33,37H,2-20H2,1H3. The molecule has 1 N–H and O–H groups in total. The second-order valence-electron chi connectivity index (χ2n) is 14.4. The molecule has 1 aliphatic heterocycles. The average molecular weight is 585 g/mol. The van der Waals surface area contributed by atoms with E-state index >= 15 is 0 Å². The SMILES string of the molecule is COC1CCC(CN2C3CCCCC3C3C(C(O)C4CC(OC5CCCCC5Cl)CCC4Cl)CCCC32)CC1. The molecule has 5 aliphatic carbocycles. The molecule has 6 fully saturated rings. The van der Waals surface area contributed by atoms with Gasteiger partial charge in [0.1, 0.15) is 0 Å². The molecule has 0 radical (unpaired) electrons. The summed E-state index contributed by atoms with van der Waals surface area (Å²) in [6.07, 6.45) is 22.4. The van der Waals surface area contributed by atoms with Crippen molar-refractivity contribution in [1.82, 2.24) is 4.90 Å². The molecule has 6 aliphatic rings. The maximum atomic E-state index is 12.1. The van der Waals surface area contributed by atoms with Gasteiger partial charge in [-0.3, -0.25) is 4.90 Å². The molecule has 5 saturated carbocycles. The second kappa shape index (κ2) is 13.4. The number of rotatable bonds is 7. The Bertz CT molecular complexity index is 778. The van der Waals surface area contributed by atoms with Gasteiger partial charge < -0.3 is 14.6 Å². The zero-order chi connectivity index (χ0) is 26.9. The summed E-state index contributed by atoms with van der Waals surface area (Å²) in [5, 5.41) is 12.4. The van der Waals surface area contributed by atoms with Crippen LogP contribution in [0.5, 0.6) is 0 Å². The van der Waals surface area contributed by atoms with E-state index in [-0.39, 0.29) is 35.0 Å². The van der Waals surface area contributed by atoms with E-state index < -0.39 is 0 Å². The summed E-state index contributed by atoms with van der Waals surface area (Å²) in [5.74, 6) is 2.76. The minimum Gasteiger partial charge on any atom is -0.392 e. The van der Waals surface area contributed by atoms with Crippen LogP contribution in [0, 0.1) is 29.6 Å². The van der Waals surface area contributed by atoms with Crippen LogP contribution in [-0.2, 0) is 9.47 Å². The molecule has 1 heterocycles. The van der Waals surface area contributed by atoms with E-state index in [0.29, 0.717) is 24.0 Å². The first-order valence-corrected chi connectivity index (χ1v) is 17.8. The topological polar surface area (TPSA) is 41.9 Å². The molecule has 0 bridgehead atoms. The lowest BCUT2D eigenvalue weighted by molar-refractivity contribution is -0.0829. The van der Waals surface area contributed by atoms with Crippen LogP contribution in [0.1, 0.15) is 116 Å². The Hall–Kier alpha value is 0.420. The summed E-state index contributed by atoms with van der Waals surface area (Å²) < 4.78 is 12.3. The van der Waals surface area contributed by atoms with Crippen molar-refractivity contribution >= 4 is 23.2 Å². The maximum absolute atomic E-state index is 12.1. The van der Waals surface area contributed by atoms with Gasteiger partial charge in [-0.1, -0.05) is 32.1 Å². The lowest BCUT2D eigenvalue weighted by Gasteiger charge is -2.46. The Morgan fingerprint density at radius 2 is 1.44 bits per heavy atom. The van der Waals surface area contributed by atoms with Crippen molar-refractivity contribution in [3.8, 4) is 0 Å². The first-order chi connectivity index (χ1) is 19.0. The van der Waals surface area contributed by atoms with E-state index in [1.165, 1.54) is 90.0 Å². The number of methoxy groups -OCH3 is 1. The summed E-state index contributed by atoms with van der Waals surface area (Å²) in [7, 11) is 1.88. The third-order valence-corrected chi connectivity index (χ3v) is 13.4. The predicted octanol–water partition coefficient (Wildman–Crippen LogP) is 7.55. The molecule has 11 atom stereocenters. The van der Waals surface area contributed by atoms with E-state index in [2.05, 4.69) is 4.90 Å². The number of fused-ring (bicyclic) bond motifs is 3. The molecule has 11 unspecified atom stereocenters. The number of ether oxygens (including phenoxy) is 2. The minimum atomic E-state index is -0.301. The summed E-state index contributed by atoms with van der Waals surface area (Å²) in [6, 6.07) is 1.40. The lowest BCUT2D eigenvalue weighted by Crippen LogP contribution is -2.49. The molecule has 0 spiro atoms. The molecule has 0 amide bonds. The van der Waals surface area contributed by atoms with Crippen molar-refractivity contribution in [2.24, 2.45) is 29.6 Å². The van der Waals surface area contributed by atoms with Crippen LogP contribution in [-0.4, -0.2) is 70.9 Å². The van der Waals surface area contributed by atoms with Gasteiger partial charge in [0, 0.05) is 37.0 Å². The molecular weight excluding hydrogens is 529 g/mol. The smallest absolute Gasteiger partial charge is 0.0742 e. The van der Waals surface area contributed by atoms with Crippen LogP contribution in [0.4, 0.5) is 0 Å². The first kappa shape index (κ1) is 29.5. The lowest BCUT2D eigenvalue weighted by atomic mass is 9.63. The van der Waals surface area contributed by atoms with Crippen LogP contribution in [0.15, 0.2) is 0 Å². The van der Waals surface area contributed by atoms with Gasteiger partial charge in [-0.15, -0.1) is 23.2 Å². The monoisotopic (exact) mass is 583 g/mol. The number of hydrogen-bond donors (Lipinski definition) is 1. The van der Waals surface area contributed by atoms with Crippen molar-refractivity contribution in [3.63, 3.8) is 0 Å². The molecule has 1 saturated heterocycles. The maximum Gasteiger partial charge on any atom is 0.0742 e. The molecule has 6 rings (SSSR count). The Balaban J connectivity index is 1.14. The van der Waals surface area contributed by atoms with Crippen molar-refractivity contribution in [1.29, 1.82) is 0 Å². The second-order valence-corrected chi connectivity index (χ2v) is 15.5. The molecule has 4 nitrogen and oxygen atoms in total. The Morgan fingerprint density at radius 1 is 0.718 bits per heavy atom. The van der Waals surface area contributed by atoms with E-state index in [1.54, 1.807) is 0 Å². The summed E-state index contributed by atoms with van der Waals surface area (Å²) in [5.41, 5.74) is 0. The number of halogens is 2. The van der Waals surface area contributed by atoms with Gasteiger partial charge in [-0.05, 0) is 107 Å². The van der Waals surface area contributed by atoms with Gasteiger partial charge >= 0.3 is 0 Å². The highest BCUT2D eigenvalue weighted by Gasteiger charge is 2.55. The fourth-order valence-electron chi connectivity index (χ4n) is 10.4. The number of alkyl halides is 2. The molecular formula is C33H55Cl2NO3. The van der Waals surface area contributed by atoms with Gasteiger partial charge in [-0.25, -0.2) is 0 Å².